The molecule has 0 radical (unpaired) electrons. The van der Waals surface area contributed by atoms with Crippen LogP contribution >= 0.6 is 45.2 Å². The zero-order valence-corrected chi connectivity index (χ0v) is 17.5. The first-order chi connectivity index (χ1) is 10.3. The lowest BCUT2D eigenvalue weighted by molar-refractivity contribution is -0.0590. The number of primary amides is 2. The van der Waals surface area contributed by atoms with Crippen LogP contribution in [0.4, 0.5) is 9.59 Å². The van der Waals surface area contributed by atoms with E-state index in [1.807, 2.05) is 0 Å². The van der Waals surface area contributed by atoms with E-state index >= 15 is 0 Å². The highest BCUT2D eigenvalue weighted by Gasteiger charge is 2.43. The predicted molar refractivity (Wildman–Crippen MR) is 104 cm³/mol. The van der Waals surface area contributed by atoms with Gasteiger partial charge in [-0.25, -0.2) is 9.59 Å². The van der Waals surface area contributed by atoms with Crippen molar-refractivity contribution in [1.29, 1.82) is 0 Å². The fourth-order valence-electron chi connectivity index (χ4n) is 2.53. The molecule has 8 heteroatoms. The monoisotopic (exact) mass is 540 g/mol. The van der Waals surface area contributed by atoms with Crippen LogP contribution in [0.3, 0.4) is 0 Å². The Morgan fingerprint density at radius 1 is 1.00 bits per heavy atom. The number of hydrogen-bond donors (Lipinski definition) is 2. The highest BCUT2D eigenvalue weighted by atomic mass is 127. The number of ether oxygens (including phenoxy) is 2. The minimum atomic E-state index is -0.747. The summed E-state index contributed by atoms with van der Waals surface area (Å²) in [5.74, 6) is 0.430. The molecular weight excluding hydrogens is 514 g/mol. The third kappa shape index (κ3) is 7.51. The molecule has 2 atom stereocenters. The van der Waals surface area contributed by atoms with Gasteiger partial charge >= 0.3 is 12.2 Å². The molecule has 0 aliphatic rings. The van der Waals surface area contributed by atoms with Gasteiger partial charge in [-0.1, -0.05) is 59.0 Å². The van der Waals surface area contributed by atoms with Crippen molar-refractivity contribution in [2.45, 2.75) is 45.1 Å². The summed E-state index contributed by atoms with van der Waals surface area (Å²) in [6.45, 7) is 4.51. The highest BCUT2D eigenvalue weighted by molar-refractivity contribution is 14.1. The molecule has 0 heterocycles. The molecule has 0 saturated carbocycles. The molecule has 0 fully saturated rings. The number of hydrogen-bond acceptors (Lipinski definition) is 4. The molecule has 2 amide bonds. The molecular formula is C14H26I2N2O4. The van der Waals surface area contributed by atoms with Gasteiger partial charge in [-0.15, -0.1) is 0 Å². The molecule has 0 aliphatic carbocycles. The Labute approximate surface area is 159 Å². The fraction of sp³-hybridized carbons (Fsp3) is 0.857. The van der Waals surface area contributed by atoms with Crippen LogP contribution < -0.4 is 11.5 Å². The first-order valence-corrected chi connectivity index (χ1v) is 10.4. The third-order valence-corrected chi connectivity index (χ3v) is 6.52. The number of amides is 2. The van der Waals surface area contributed by atoms with E-state index < -0.39 is 17.8 Å². The van der Waals surface area contributed by atoms with E-state index in [2.05, 4.69) is 59.0 Å². The predicted octanol–water partition coefficient (Wildman–Crippen LogP) is 3.62. The van der Waals surface area contributed by atoms with Gasteiger partial charge in [0, 0.05) is 20.7 Å². The van der Waals surface area contributed by atoms with Gasteiger partial charge in [0.05, 0.1) is 6.61 Å². The van der Waals surface area contributed by atoms with Gasteiger partial charge in [0.1, 0.15) is 5.60 Å². The van der Waals surface area contributed by atoms with Crippen molar-refractivity contribution in [1.82, 2.24) is 0 Å². The van der Waals surface area contributed by atoms with Crippen molar-refractivity contribution in [2.75, 3.05) is 15.5 Å². The molecule has 0 bridgehead atoms. The summed E-state index contributed by atoms with van der Waals surface area (Å²) in [7, 11) is 0. The lowest BCUT2D eigenvalue weighted by atomic mass is 9.76. The molecule has 2 unspecified atom stereocenters. The maximum Gasteiger partial charge on any atom is 0.405 e. The van der Waals surface area contributed by atoms with E-state index in [9.17, 15) is 9.59 Å². The molecule has 0 aromatic heterocycles. The maximum absolute atomic E-state index is 11.4. The highest BCUT2D eigenvalue weighted by Crippen LogP contribution is 2.38. The van der Waals surface area contributed by atoms with Crippen molar-refractivity contribution in [2.24, 2.45) is 23.3 Å². The number of unbranched alkanes of at least 4 members (excludes halogenated alkanes) is 2. The average molecular weight is 540 g/mol. The Bertz CT molecular complexity index is 346. The Morgan fingerprint density at radius 2 is 1.55 bits per heavy atom. The number of halogens is 2. The molecule has 0 spiro atoms. The summed E-state index contributed by atoms with van der Waals surface area (Å²) < 4.78 is 12.1. The number of alkyl halides is 2. The lowest BCUT2D eigenvalue weighted by Gasteiger charge is -2.42. The molecule has 4 N–H and O–H groups in total. The van der Waals surface area contributed by atoms with Gasteiger partial charge in [-0.05, 0) is 25.7 Å². The molecule has 130 valence electrons. The number of rotatable bonds is 11. The van der Waals surface area contributed by atoms with Crippen LogP contribution in [0.15, 0.2) is 0 Å². The van der Waals surface area contributed by atoms with E-state index in [4.69, 9.17) is 20.9 Å². The molecule has 0 aromatic rings. The summed E-state index contributed by atoms with van der Waals surface area (Å²) in [6, 6.07) is 0. The van der Waals surface area contributed by atoms with Crippen LogP contribution in [-0.2, 0) is 9.47 Å². The minimum Gasteiger partial charge on any atom is -0.450 e. The molecule has 6 nitrogen and oxygen atoms in total. The van der Waals surface area contributed by atoms with Gasteiger partial charge in [-0.3, -0.25) is 0 Å². The molecule has 0 saturated heterocycles. The molecule has 22 heavy (non-hydrogen) atoms. The van der Waals surface area contributed by atoms with Gasteiger partial charge in [-0.2, -0.15) is 0 Å². The summed E-state index contributed by atoms with van der Waals surface area (Å²) in [4.78, 5) is 21.9. The second kappa shape index (κ2) is 11.5. The van der Waals surface area contributed by atoms with Crippen molar-refractivity contribution in [3.05, 3.63) is 0 Å². The largest absolute Gasteiger partial charge is 0.450 e. The van der Waals surface area contributed by atoms with Crippen LogP contribution in [0.5, 0.6) is 0 Å². The second-order valence-electron chi connectivity index (χ2n) is 5.46. The third-order valence-electron chi connectivity index (χ3n) is 3.88. The van der Waals surface area contributed by atoms with Crippen LogP contribution in [-0.4, -0.2) is 33.2 Å². The standard InChI is InChI=1S/C14H26I2N2O4/c1-10(8-15)14(11(2)9-16,22-13(18)20)6-4-3-5-7-21-12(17)19/h10-11H,3-9H2,1-2H3,(H2,17,19)(H2,18,20). The van der Waals surface area contributed by atoms with E-state index in [1.54, 1.807) is 0 Å². The van der Waals surface area contributed by atoms with E-state index in [0.29, 0.717) is 6.61 Å². The number of carbonyl (C=O) groups excluding carboxylic acids is 2. The lowest BCUT2D eigenvalue weighted by Crippen LogP contribution is -2.49. The first kappa shape index (κ1) is 22.0. The van der Waals surface area contributed by atoms with Gasteiger partial charge in [0.15, 0.2) is 0 Å². The SMILES string of the molecule is CC(CI)C(CCCCCOC(N)=O)(OC(N)=O)C(C)CI. The smallest absolute Gasteiger partial charge is 0.405 e. The van der Waals surface area contributed by atoms with Gasteiger partial charge < -0.3 is 20.9 Å². The second-order valence-corrected chi connectivity index (χ2v) is 7.23. The average Bonchev–Trinajstić information content (AvgIpc) is 2.46. The van der Waals surface area contributed by atoms with E-state index in [1.165, 1.54) is 0 Å². The van der Waals surface area contributed by atoms with Crippen molar-refractivity contribution in [3.8, 4) is 0 Å². The fourth-order valence-corrected chi connectivity index (χ4v) is 4.02. The number of nitrogens with two attached hydrogens (primary N) is 2. The van der Waals surface area contributed by atoms with Crippen molar-refractivity contribution < 1.29 is 19.1 Å². The first-order valence-electron chi connectivity index (χ1n) is 7.32. The molecule has 0 aliphatic heterocycles. The van der Waals surface area contributed by atoms with Crippen LogP contribution in [0.25, 0.3) is 0 Å². The Hall–Kier alpha value is 0. The molecule has 0 aromatic carbocycles. The van der Waals surface area contributed by atoms with Gasteiger partial charge in [0.25, 0.3) is 0 Å². The maximum atomic E-state index is 11.4. The van der Waals surface area contributed by atoms with E-state index in [-0.39, 0.29) is 11.8 Å². The number of carbonyl (C=O) groups is 2. The summed E-state index contributed by atoms with van der Waals surface area (Å²) in [5.41, 5.74) is 9.68. The Kier molecular flexibility index (Phi) is 11.5. The van der Waals surface area contributed by atoms with Crippen molar-refractivity contribution in [3.63, 3.8) is 0 Å². The quantitative estimate of drug-likeness (QED) is 0.238. The molecule has 0 rings (SSSR count). The zero-order valence-electron chi connectivity index (χ0n) is 13.1. The summed E-state index contributed by atoms with van der Waals surface area (Å²) in [6.07, 6.45) is 1.78. The van der Waals surface area contributed by atoms with Crippen LogP contribution in [0.1, 0.15) is 39.5 Å². The normalized spacial score (nSPS) is 16.4. The van der Waals surface area contributed by atoms with Gasteiger partial charge in [0.2, 0.25) is 0 Å². The Balaban J connectivity index is 4.69. The van der Waals surface area contributed by atoms with Crippen molar-refractivity contribution >= 4 is 57.4 Å². The topological polar surface area (TPSA) is 105 Å². The summed E-state index contributed by atoms with van der Waals surface area (Å²) >= 11 is 4.62. The summed E-state index contributed by atoms with van der Waals surface area (Å²) in [5, 5.41) is 0. The zero-order chi connectivity index (χ0) is 17.2. The van der Waals surface area contributed by atoms with E-state index in [0.717, 1.165) is 34.5 Å². The Morgan fingerprint density at radius 3 is 1.95 bits per heavy atom. The minimum absolute atomic E-state index is 0.215. The van der Waals surface area contributed by atoms with Crippen LogP contribution in [0, 0.1) is 11.8 Å². The van der Waals surface area contributed by atoms with Crippen LogP contribution in [0.2, 0.25) is 0 Å².